The Hall–Kier alpha value is -0.970. The lowest BCUT2D eigenvalue weighted by Crippen LogP contribution is -2.42. The van der Waals surface area contributed by atoms with Gasteiger partial charge in [0.25, 0.3) is 0 Å². The number of aldehydes is 1. The molecule has 0 radical (unpaired) electrons. The molecule has 0 aromatic heterocycles. The van der Waals surface area contributed by atoms with E-state index >= 15 is 0 Å². The molecule has 1 aliphatic rings. The standard InChI is InChI=1S/C10H15NO3S/c1-10(2,3)14-9(13)11-5-4-8(15)7(11)6-12/h6-7H,4-5H2,1-3H3/t7-/m1/s1. The van der Waals surface area contributed by atoms with E-state index in [-0.39, 0.29) is 0 Å². The van der Waals surface area contributed by atoms with Gasteiger partial charge in [-0.05, 0) is 27.2 Å². The molecule has 0 spiro atoms. The Kier molecular flexibility index (Phi) is 3.44. The fourth-order valence-corrected chi connectivity index (χ4v) is 1.64. The molecule has 84 valence electrons. The van der Waals surface area contributed by atoms with Gasteiger partial charge in [-0.25, -0.2) is 4.79 Å². The number of amides is 1. The van der Waals surface area contributed by atoms with Crippen molar-refractivity contribution in [2.45, 2.75) is 38.8 Å². The summed E-state index contributed by atoms with van der Waals surface area (Å²) >= 11 is 5.00. The van der Waals surface area contributed by atoms with Gasteiger partial charge in [0.05, 0.1) is 0 Å². The van der Waals surface area contributed by atoms with Crippen molar-refractivity contribution in [2.24, 2.45) is 0 Å². The number of ether oxygens (including phenoxy) is 1. The van der Waals surface area contributed by atoms with Crippen LogP contribution < -0.4 is 0 Å². The van der Waals surface area contributed by atoms with Crippen LogP contribution in [-0.4, -0.2) is 40.3 Å². The molecule has 1 atom stereocenters. The molecule has 1 rings (SSSR count). The van der Waals surface area contributed by atoms with E-state index < -0.39 is 17.7 Å². The van der Waals surface area contributed by atoms with E-state index in [0.717, 1.165) is 0 Å². The number of thiocarbonyl (C=S) groups is 1. The number of rotatable bonds is 1. The van der Waals surface area contributed by atoms with Gasteiger partial charge in [-0.2, -0.15) is 0 Å². The smallest absolute Gasteiger partial charge is 0.411 e. The summed E-state index contributed by atoms with van der Waals surface area (Å²) in [4.78, 5) is 24.4. The van der Waals surface area contributed by atoms with Crippen molar-refractivity contribution in [2.75, 3.05) is 6.54 Å². The quantitative estimate of drug-likeness (QED) is 0.506. The van der Waals surface area contributed by atoms with Crippen molar-refractivity contribution >= 4 is 29.5 Å². The van der Waals surface area contributed by atoms with Crippen molar-refractivity contribution in [1.29, 1.82) is 0 Å². The zero-order valence-electron chi connectivity index (χ0n) is 9.15. The van der Waals surface area contributed by atoms with Crippen LogP contribution in [0.25, 0.3) is 0 Å². The molecule has 1 aliphatic heterocycles. The van der Waals surface area contributed by atoms with Crippen LogP contribution >= 0.6 is 12.2 Å². The van der Waals surface area contributed by atoms with Crippen LogP contribution in [0.5, 0.6) is 0 Å². The summed E-state index contributed by atoms with van der Waals surface area (Å²) in [6.45, 7) is 5.83. The average molecular weight is 229 g/mol. The molecule has 4 nitrogen and oxygen atoms in total. The second-order valence-corrected chi connectivity index (χ2v) is 5.00. The largest absolute Gasteiger partial charge is 0.444 e. The number of carbonyl (C=O) groups excluding carboxylic acids is 2. The zero-order valence-corrected chi connectivity index (χ0v) is 9.97. The Labute approximate surface area is 94.6 Å². The minimum Gasteiger partial charge on any atom is -0.444 e. The average Bonchev–Trinajstić information content (AvgIpc) is 2.43. The summed E-state index contributed by atoms with van der Waals surface area (Å²) in [5.41, 5.74) is -0.547. The maximum absolute atomic E-state index is 11.7. The zero-order chi connectivity index (χ0) is 11.6. The third kappa shape index (κ3) is 2.99. The monoisotopic (exact) mass is 229 g/mol. The molecule has 5 heteroatoms. The van der Waals surface area contributed by atoms with Gasteiger partial charge < -0.3 is 9.53 Å². The molecule has 0 aliphatic carbocycles. The molecule has 0 bridgehead atoms. The molecule has 0 unspecified atom stereocenters. The second kappa shape index (κ2) is 4.26. The van der Waals surface area contributed by atoms with Crippen molar-refractivity contribution in [3.63, 3.8) is 0 Å². The number of hydrogen-bond acceptors (Lipinski definition) is 4. The van der Waals surface area contributed by atoms with Crippen LogP contribution in [0.1, 0.15) is 27.2 Å². The summed E-state index contributed by atoms with van der Waals surface area (Å²) in [5.74, 6) is 0. The van der Waals surface area contributed by atoms with Crippen molar-refractivity contribution in [1.82, 2.24) is 4.90 Å². The summed E-state index contributed by atoms with van der Waals surface area (Å²) in [5, 5.41) is 0. The van der Waals surface area contributed by atoms with E-state index in [1.54, 1.807) is 20.8 Å². The normalized spacial score (nSPS) is 21.7. The highest BCUT2D eigenvalue weighted by molar-refractivity contribution is 7.80. The lowest BCUT2D eigenvalue weighted by Gasteiger charge is -2.26. The van der Waals surface area contributed by atoms with Crippen molar-refractivity contribution in [3.05, 3.63) is 0 Å². The molecule has 0 aromatic rings. The minimum atomic E-state index is -0.588. The summed E-state index contributed by atoms with van der Waals surface area (Å²) in [7, 11) is 0. The molecule has 1 amide bonds. The SMILES string of the molecule is CC(C)(C)OC(=O)N1CCC(=S)[C@H]1C=O. The molecule has 0 saturated carbocycles. The lowest BCUT2D eigenvalue weighted by atomic mass is 10.2. The maximum atomic E-state index is 11.7. The molecular weight excluding hydrogens is 214 g/mol. The number of carbonyl (C=O) groups is 2. The minimum absolute atomic E-state index is 0.469. The molecule has 0 N–H and O–H groups in total. The topological polar surface area (TPSA) is 46.6 Å². The third-order valence-electron chi connectivity index (χ3n) is 2.02. The number of hydrogen-bond donors (Lipinski definition) is 0. The fraction of sp³-hybridized carbons (Fsp3) is 0.700. The second-order valence-electron chi connectivity index (χ2n) is 4.47. The molecule has 1 heterocycles. The van der Waals surface area contributed by atoms with Crippen LogP contribution in [0, 0.1) is 0 Å². The first kappa shape index (κ1) is 12.1. The Morgan fingerprint density at radius 1 is 1.60 bits per heavy atom. The van der Waals surface area contributed by atoms with Gasteiger partial charge in [0.2, 0.25) is 0 Å². The van der Waals surface area contributed by atoms with E-state index in [1.165, 1.54) is 4.90 Å². The van der Waals surface area contributed by atoms with Gasteiger partial charge in [-0.15, -0.1) is 0 Å². The van der Waals surface area contributed by atoms with E-state index in [4.69, 9.17) is 17.0 Å². The van der Waals surface area contributed by atoms with Crippen molar-refractivity contribution in [3.8, 4) is 0 Å². The van der Waals surface area contributed by atoms with Gasteiger partial charge in [0, 0.05) is 11.4 Å². The van der Waals surface area contributed by atoms with E-state index in [2.05, 4.69) is 0 Å². The number of likely N-dealkylation sites (tertiary alicyclic amines) is 1. The van der Waals surface area contributed by atoms with Crippen molar-refractivity contribution < 1.29 is 14.3 Å². The van der Waals surface area contributed by atoms with Gasteiger partial charge in [-0.1, -0.05) is 12.2 Å². The van der Waals surface area contributed by atoms with Gasteiger partial charge in [0.15, 0.2) is 0 Å². The van der Waals surface area contributed by atoms with Crippen LogP contribution in [0.2, 0.25) is 0 Å². The van der Waals surface area contributed by atoms with Gasteiger partial charge in [0.1, 0.15) is 17.9 Å². The predicted octanol–water partition coefficient (Wildman–Crippen LogP) is 1.56. The Balaban J connectivity index is 2.68. The van der Waals surface area contributed by atoms with Gasteiger partial charge >= 0.3 is 6.09 Å². The maximum Gasteiger partial charge on any atom is 0.411 e. The molecule has 15 heavy (non-hydrogen) atoms. The summed E-state index contributed by atoms with van der Waals surface area (Å²) in [6, 6.07) is -0.588. The van der Waals surface area contributed by atoms with E-state index in [1.807, 2.05) is 0 Å². The number of nitrogens with zero attached hydrogens (tertiary/aromatic N) is 1. The third-order valence-corrected chi connectivity index (χ3v) is 2.47. The highest BCUT2D eigenvalue weighted by Crippen LogP contribution is 2.18. The van der Waals surface area contributed by atoms with Crippen LogP contribution in [0.15, 0.2) is 0 Å². The van der Waals surface area contributed by atoms with E-state index in [9.17, 15) is 9.59 Å². The van der Waals surface area contributed by atoms with Crippen LogP contribution in [0.3, 0.4) is 0 Å². The highest BCUT2D eigenvalue weighted by atomic mass is 32.1. The fourth-order valence-electron chi connectivity index (χ4n) is 1.37. The lowest BCUT2D eigenvalue weighted by molar-refractivity contribution is -0.110. The molecular formula is C10H15NO3S. The first-order chi connectivity index (χ1) is 6.85. The Morgan fingerprint density at radius 3 is 2.67 bits per heavy atom. The first-order valence-corrected chi connectivity index (χ1v) is 5.23. The molecule has 1 fully saturated rings. The van der Waals surface area contributed by atoms with Crippen LogP contribution in [0.4, 0.5) is 4.79 Å². The Morgan fingerprint density at radius 2 is 2.20 bits per heavy atom. The Bertz CT molecular complexity index is 296. The predicted molar refractivity (Wildman–Crippen MR) is 60.0 cm³/mol. The summed E-state index contributed by atoms with van der Waals surface area (Å²) in [6.07, 6.45) is 0.816. The first-order valence-electron chi connectivity index (χ1n) is 4.83. The van der Waals surface area contributed by atoms with Gasteiger partial charge in [-0.3, -0.25) is 4.90 Å². The van der Waals surface area contributed by atoms with E-state index in [0.29, 0.717) is 24.1 Å². The highest BCUT2D eigenvalue weighted by Gasteiger charge is 2.35. The molecule has 1 saturated heterocycles. The molecule has 0 aromatic carbocycles. The van der Waals surface area contributed by atoms with Crippen LogP contribution in [-0.2, 0) is 9.53 Å². The summed E-state index contributed by atoms with van der Waals surface area (Å²) < 4.78 is 5.17.